The summed E-state index contributed by atoms with van der Waals surface area (Å²) < 4.78 is 5.19. The maximum atomic E-state index is 5.91. The van der Waals surface area contributed by atoms with Crippen LogP contribution in [0.5, 0.6) is 5.75 Å². The number of benzene rings is 1. The van der Waals surface area contributed by atoms with E-state index in [1.807, 2.05) is 30.0 Å². The Kier molecular flexibility index (Phi) is 6.16. The van der Waals surface area contributed by atoms with Crippen molar-refractivity contribution in [1.82, 2.24) is 0 Å². The van der Waals surface area contributed by atoms with Crippen molar-refractivity contribution in [3.8, 4) is 5.75 Å². The van der Waals surface area contributed by atoms with E-state index in [0.29, 0.717) is 0 Å². The summed E-state index contributed by atoms with van der Waals surface area (Å²) in [5, 5.41) is 0. The third-order valence-electron chi connectivity index (χ3n) is 2.48. The highest BCUT2D eigenvalue weighted by atomic mass is 32.2. The van der Waals surface area contributed by atoms with E-state index in [1.54, 1.807) is 7.11 Å². The Morgan fingerprint density at radius 3 is 2.75 bits per heavy atom. The summed E-state index contributed by atoms with van der Waals surface area (Å²) in [5.41, 5.74) is 6.76. The van der Waals surface area contributed by atoms with Gasteiger partial charge in [0.05, 0.1) is 7.11 Å². The number of unbranched alkanes of at least 4 members (excludes halogenated alkanes) is 3. The van der Waals surface area contributed by atoms with Gasteiger partial charge in [0.2, 0.25) is 0 Å². The number of thioether (sulfide) groups is 1. The lowest BCUT2D eigenvalue weighted by molar-refractivity contribution is 0.414. The molecule has 0 radical (unpaired) electrons. The minimum atomic E-state index is 0.848. The summed E-state index contributed by atoms with van der Waals surface area (Å²) >= 11 is 1.82. The lowest BCUT2D eigenvalue weighted by atomic mass is 10.2. The molecule has 0 bridgehead atoms. The zero-order chi connectivity index (χ0) is 11.8. The highest BCUT2D eigenvalue weighted by Gasteiger charge is 2.01. The topological polar surface area (TPSA) is 35.2 Å². The van der Waals surface area contributed by atoms with Gasteiger partial charge in [-0.25, -0.2) is 0 Å². The van der Waals surface area contributed by atoms with Crippen LogP contribution in [0.4, 0.5) is 5.69 Å². The molecule has 0 spiro atoms. The molecule has 2 nitrogen and oxygen atoms in total. The molecule has 90 valence electrons. The molecular weight excluding hydrogens is 218 g/mol. The molecule has 16 heavy (non-hydrogen) atoms. The molecule has 0 heterocycles. The Balaban J connectivity index is 2.40. The van der Waals surface area contributed by atoms with Crippen LogP contribution in [-0.4, -0.2) is 12.9 Å². The van der Waals surface area contributed by atoms with Crippen LogP contribution >= 0.6 is 11.8 Å². The van der Waals surface area contributed by atoms with Crippen molar-refractivity contribution in [2.24, 2.45) is 0 Å². The number of ether oxygens (including phenoxy) is 1. The average Bonchev–Trinajstić information content (AvgIpc) is 2.31. The Hall–Kier alpha value is -0.830. The van der Waals surface area contributed by atoms with Crippen molar-refractivity contribution in [1.29, 1.82) is 0 Å². The summed E-state index contributed by atoms with van der Waals surface area (Å²) in [7, 11) is 1.68. The first-order chi connectivity index (χ1) is 7.77. The molecule has 0 atom stereocenters. The van der Waals surface area contributed by atoms with Crippen LogP contribution in [-0.2, 0) is 0 Å². The second-order valence-corrected chi connectivity index (χ2v) is 4.95. The van der Waals surface area contributed by atoms with E-state index in [9.17, 15) is 0 Å². The van der Waals surface area contributed by atoms with Gasteiger partial charge in [-0.3, -0.25) is 0 Å². The first-order valence-electron chi connectivity index (χ1n) is 5.84. The highest BCUT2D eigenvalue weighted by Crippen LogP contribution is 2.29. The maximum absolute atomic E-state index is 5.91. The van der Waals surface area contributed by atoms with E-state index in [-0.39, 0.29) is 0 Å². The SMILES string of the molecule is CCCCCCSc1cc(OC)ccc1N. The second kappa shape index (κ2) is 7.44. The van der Waals surface area contributed by atoms with Crippen molar-refractivity contribution in [3.05, 3.63) is 18.2 Å². The molecule has 0 saturated heterocycles. The number of hydrogen-bond donors (Lipinski definition) is 1. The van der Waals surface area contributed by atoms with Gasteiger partial charge >= 0.3 is 0 Å². The molecule has 3 heteroatoms. The molecule has 1 aromatic carbocycles. The predicted octanol–water partition coefficient (Wildman–Crippen LogP) is 3.95. The molecule has 0 aliphatic rings. The van der Waals surface area contributed by atoms with E-state index in [4.69, 9.17) is 10.5 Å². The molecule has 2 N–H and O–H groups in total. The average molecular weight is 239 g/mol. The third-order valence-corrected chi connectivity index (χ3v) is 3.63. The Labute approximate surface area is 103 Å². The van der Waals surface area contributed by atoms with Crippen molar-refractivity contribution >= 4 is 17.4 Å². The van der Waals surface area contributed by atoms with Crippen molar-refractivity contribution < 1.29 is 4.74 Å². The predicted molar refractivity (Wildman–Crippen MR) is 72.3 cm³/mol. The zero-order valence-corrected chi connectivity index (χ0v) is 11.0. The molecule has 0 unspecified atom stereocenters. The van der Waals surface area contributed by atoms with E-state index in [0.717, 1.165) is 22.1 Å². The van der Waals surface area contributed by atoms with Crippen LogP contribution in [0.15, 0.2) is 23.1 Å². The van der Waals surface area contributed by atoms with Gasteiger partial charge in [-0.1, -0.05) is 26.2 Å². The van der Waals surface area contributed by atoms with Gasteiger partial charge in [-0.15, -0.1) is 11.8 Å². The van der Waals surface area contributed by atoms with Gasteiger partial charge in [0.15, 0.2) is 0 Å². The number of methoxy groups -OCH3 is 1. The molecule has 0 aliphatic heterocycles. The van der Waals surface area contributed by atoms with Crippen molar-refractivity contribution in [2.75, 3.05) is 18.6 Å². The normalized spacial score (nSPS) is 10.4. The molecule has 0 fully saturated rings. The zero-order valence-electron chi connectivity index (χ0n) is 10.2. The molecule has 0 aliphatic carbocycles. The molecule has 1 rings (SSSR count). The Bertz CT molecular complexity index is 315. The largest absolute Gasteiger partial charge is 0.497 e. The summed E-state index contributed by atoms with van der Waals surface area (Å²) in [6.45, 7) is 2.23. The van der Waals surface area contributed by atoms with Gasteiger partial charge in [0.25, 0.3) is 0 Å². The van der Waals surface area contributed by atoms with E-state index < -0.39 is 0 Å². The van der Waals surface area contributed by atoms with Crippen LogP contribution in [0.1, 0.15) is 32.6 Å². The molecule has 0 saturated carbocycles. The molecular formula is C13H21NOS. The van der Waals surface area contributed by atoms with Crippen LogP contribution in [0.2, 0.25) is 0 Å². The van der Waals surface area contributed by atoms with Crippen LogP contribution in [0, 0.1) is 0 Å². The van der Waals surface area contributed by atoms with Crippen LogP contribution in [0.25, 0.3) is 0 Å². The number of anilines is 1. The van der Waals surface area contributed by atoms with Crippen LogP contribution < -0.4 is 10.5 Å². The van der Waals surface area contributed by atoms with E-state index in [1.165, 1.54) is 25.7 Å². The fraction of sp³-hybridized carbons (Fsp3) is 0.538. The fourth-order valence-corrected chi connectivity index (χ4v) is 2.48. The standard InChI is InChI=1S/C13H21NOS/c1-3-4-5-6-9-16-13-10-11(15-2)7-8-12(13)14/h7-8,10H,3-6,9,14H2,1-2H3. The van der Waals surface area contributed by atoms with Gasteiger partial charge in [-0.05, 0) is 30.4 Å². The first kappa shape index (κ1) is 13.2. The van der Waals surface area contributed by atoms with E-state index in [2.05, 4.69) is 6.92 Å². The van der Waals surface area contributed by atoms with E-state index >= 15 is 0 Å². The monoisotopic (exact) mass is 239 g/mol. The smallest absolute Gasteiger partial charge is 0.120 e. The molecule has 0 amide bonds. The lowest BCUT2D eigenvalue weighted by Crippen LogP contribution is -1.91. The van der Waals surface area contributed by atoms with Gasteiger partial charge < -0.3 is 10.5 Å². The minimum absolute atomic E-state index is 0.848. The number of hydrogen-bond acceptors (Lipinski definition) is 3. The number of nitrogens with two attached hydrogens (primary N) is 1. The first-order valence-corrected chi connectivity index (χ1v) is 6.82. The van der Waals surface area contributed by atoms with Gasteiger partial charge in [0.1, 0.15) is 5.75 Å². The maximum Gasteiger partial charge on any atom is 0.120 e. The fourth-order valence-electron chi connectivity index (χ4n) is 1.48. The van der Waals surface area contributed by atoms with Gasteiger partial charge in [0, 0.05) is 10.6 Å². The summed E-state index contributed by atoms with van der Waals surface area (Å²) in [6.07, 6.45) is 5.18. The lowest BCUT2D eigenvalue weighted by Gasteiger charge is -2.07. The third kappa shape index (κ3) is 4.35. The summed E-state index contributed by atoms with van der Waals surface area (Å²) in [6, 6.07) is 5.82. The van der Waals surface area contributed by atoms with Gasteiger partial charge in [-0.2, -0.15) is 0 Å². The van der Waals surface area contributed by atoms with Crippen LogP contribution in [0.3, 0.4) is 0 Å². The highest BCUT2D eigenvalue weighted by molar-refractivity contribution is 7.99. The number of rotatable bonds is 7. The quantitative estimate of drug-likeness (QED) is 0.444. The van der Waals surface area contributed by atoms with Crippen molar-refractivity contribution in [3.63, 3.8) is 0 Å². The van der Waals surface area contributed by atoms with Crippen molar-refractivity contribution in [2.45, 2.75) is 37.5 Å². The Morgan fingerprint density at radius 2 is 2.06 bits per heavy atom. The summed E-state index contributed by atoms with van der Waals surface area (Å²) in [4.78, 5) is 1.14. The summed E-state index contributed by atoms with van der Waals surface area (Å²) in [5.74, 6) is 2.02. The molecule has 0 aromatic heterocycles. The second-order valence-electron chi connectivity index (χ2n) is 3.81. The minimum Gasteiger partial charge on any atom is -0.497 e. The number of nitrogen functional groups attached to an aromatic ring is 1. The molecule has 1 aromatic rings. The Morgan fingerprint density at radius 1 is 1.25 bits per heavy atom.